The Kier molecular flexibility index (Phi) is 7.38. The molecule has 1 aromatic heterocycles. The highest BCUT2D eigenvalue weighted by atomic mass is 32.2. The zero-order valence-electron chi connectivity index (χ0n) is 19.3. The normalized spacial score (nSPS) is 14.7. The quantitative estimate of drug-likeness (QED) is 0.468. The molecule has 1 aliphatic heterocycles. The summed E-state index contributed by atoms with van der Waals surface area (Å²) < 4.78 is 32.6. The number of sulfonamides is 1. The molecule has 33 heavy (non-hydrogen) atoms. The van der Waals surface area contributed by atoms with Gasteiger partial charge in [0.05, 0.1) is 4.90 Å². The summed E-state index contributed by atoms with van der Waals surface area (Å²) in [5, 5.41) is 2.58. The van der Waals surface area contributed by atoms with Crippen LogP contribution in [0.25, 0.3) is 0 Å². The van der Waals surface area contributed by atoms with E-state index in [1.54, 1.807) is 32.9 Å². The van der Waals surface area contributed by atoms with Gasteiger partial charge in [0.15, 0.2) is 12.4 Å². The number of aromatic amines is 1. The molecule has 3 rings (SSSR count). The number of carbonyl (C=O) groups is 3. The summed E-state index contributed by atoms with van der Waals surface area (Å²) in [4.78, 5) is 39.4. The van der Waals surface area contributed by atoms with Crippen LogP contribution in [-0.2, 0) is 19.6 Å². The van der Waals surface area contributed by atoms with Crippen molar-refractivity contribution in [1.82, 2.24) is 9.29 Å². The lowest BCUT2D eigenvalue weighted by atomic mass is 10.1. The van der Waals surface area contributed by atoms with Crippen molar-refractivity contribution in [3.63, 3.8) is 0 Å². The van der Waals surface area contributed by atoms with Crippen molar-refractivity contribution >= 4 is 33.4 Å². The summed E-state index contributed by atoms with van der Waals surface area (Å²) in [6.45, 7) is 6.84. The fraction of sp³-hybridized carbons (Fsp3) is 0.435. The van der Waals surface area contributed by atoms with Gasteiger partial charge in [-0.3, -0.25) is 9.59 Å². The van der Waals surface area contributed by atoms with Gasteiger partial charge in [0.2, 0.25) is 10.0 Å². The number of anilines is 1. The van der Waals surface area contributed by atoms with Gasteiger partial charge in [-0.05, 0) is 63.8 Å². The van der Waals surface area contributed by atoms with Gasteiger partial charge in [-0.1, -0.05) is 12.5 Å². The molecule has 10 heteroatoms. The second-order valence-corrected chi connectivity index (χ2v) is 10.2. The molecule has 1 aliphatic rings. The van der Waals surface area contributed by atoms with E-state index in [4.69, 9.17) is 4.74 Å². The highest BCUT2D eigenvalue weighted by Crippen LogP contribution is 2.26. The van der Waals surface area contributed by atoms with Crippen molar-refractivity contribution in [3.8, 4) is 0 Å². The van der Waals surface area contributed by atoms with Crippen LogP contribution in [0.4, 0.5) is 5.69 Å². The highest BCUT2D eigenvalue weighted by molar-refractivity contribution is 7.89. The number of benzene rings is 1. The standard InChI is InChI=1S/C23H29N3O6S/c1-14-8-9-18(12-19(14)33(30,31)26-10-6-5-7-11-26)25-20(28)13-32-23(29)22-15(2)21(17(4)27)16(3)24-22/h8-9,12,24H,5-7,10-11,13H2,1-4H3,(H,25,28). The summed E-state index contributed by atoms with van der Waals surface area (Å²) in [6, 6.07) is 4.66. The third kappa shape index (κ3) is 5.33. The second kappa shape index (κ2) is 9.88. The first-order valence-electron chi connectivity index (χ1n) is 10.8. The maximum atomic E-state index is 13.0. The molecule has 2 N–H and O–H groups in total. The molecule has 178 valence electrons. The molecule has 1 fully saturated rings. The van der Waals surface area contributed by atoms with E-state index >= 15 is 0 Å². The van der Waals surface area contributed by atoms with Gasteiger partial charge in [-0.15, -0.1) is 0 Å². The molecule has 0 radical (unpaired) electrons. The Labute approximate surface area is 193 Å². The van der Waals surface area contributed by atoms with Gasteiger partial charge in [0.1, 0.15) is 5.69 Å². The maximum Gasteiger partial charge on any atom is 0.355 e. The Hall–Kier alpha value is -2.98. The van der Waals surface area contributed by atoms with Crippen molar-refractivity contribution in [2.75, 3.05) is 25.0 Å². The Morgan fingerprint density at radius 2 is 1.76 bits per heavy atom. The number of aromatic nitrogens is 1. The number of Topliss-reactive ketones (excluding diaryl/α,β-unsaturated/α-hetero) is 1. The molecule has 2 aromatic rings. The smallest absolute Gasteiger partial charge is 0.355 e. The van der Waals surface area contributed by atoms with Crippen molar-refractivity contribution in [2.24, 2.45) is 0 Å². The van der Waals surface area contributed by atoms with E-state index in [9.17, 15) is 22.8 Å². The number of rotatable bonds is 7. The third-order valence-electron chi connectivity index (χ3n) is 5.73. The Morgan fingerprint density at radius 3 is 2.36 bits per heavy atom. The zero-order chi connectivity index (χ0) is 24.3. The number of hydrogen-bond acceptors (Lipinski definition) is 6. The van der Waals surface area contributed by atoms with Crippen LogP contribution in [0.1, 0.15) is 63.9 Å². The average molecular weight is 476 g/mol. The second-order valence-electron chi connectivity index (χ2n) is 8.25. The number of hydrogen-bond donors (Lipinski definition) is 2. The van der Waals surface area contributed by atoms with Crippen LogP contribution in [0.3, 0.4) is 0 Å². The molecule has 0 aliphatic carbocycles. The predicted octanol–water partition coefficient (Wildman–Crippen LogP) is 3.11. The Morgan fingerprint density at radius 1 is 1.09 bits per heavy atom. The lowest BCUT2D eigenvalue weighted by molar-refractivity contribution is -0.119. The minimum absolute atomic E-state index is 0.121. The molecule has 9 nitrogen and oxygen atoms in total. The molecular weight excluding hydrogens is 446 g/mol. The molecule has 0 atom stereocenters. The number of amides is 1. The van der Waals surface area contributed by atoms with E-state index in [2.05, 4.69) is 10.3 Å². The van der Waals surface area contributed by atoms with Crippen LogP contribution in [-0.4, -0.2) is 55.1 Å². The topological polar surface area (TPSA) is 126 Å². The summed E-state index contributed by atoms with van der Waals surface area (Å²) in [6.07, 6.45) is 2.67. The van der Waals surface area contributed by atoms with Gasteiger partial charge >= 0.3 is 5.97 Å². The largest absolute Gasteiger partial charge is 0.451 e. The van der Waals surface area contributed by atoms with Gasteiger partial charge in [-0.25, -0.2) is 13.2 Å². The van der Waals surface area contributed by atoms with Crippen molar-refractivity contribution < 1.29 is 27.5 Å². The monoisotopic (exact) mass is 475 g/mol. The maximum absolute atomic E-state index is 13.0. The molecule has 1 saturated heterocycles. The molecular formula is C23H29N3O6S. The van der Waals surface area contributed by atoms with Crippen LogP contribution >= 0.6 is 0 Å². The van der Waals surface area contributed by atoms with Gasteiger partial charge in [0, 0.05) is 30.0 Å². The number of nitrogens with one attached hydrogen (secondary N) is 2. The first-order valence-corrected chi connectivity index (χ1v) is 12.2. The first kappa shape index (κ1) is 24.7. The number of ketones is 1. The van der Waals surface area contributed by atoms with Crippen LogP contribution in [0.2, 0.25) is 0 Å². The molecule has 1 amide bonds. The lowest BCUT2D eigenvalue weighted by Crippen LogP contribution is -2.36. The Balaban J connectivity index is 1.68. The number of ether oxygens (including phenoxy) is 1. The van der Waals surface area contributed by atoms with Crippen molar-refractivity contribution in [3.05, 3.63) is 46.3 Å². The SMILES string of the molecule is CC(=O)c1c(C)[nH]c(C(=O)OCC(=O)Nc2ccc(C)c(S(=O)(=O)N3CCCCC3)c2)c1C. The fourth-order valence-corrected chi connectivity index (χ4v) is 5.85. The average Bonchev–Trinajstić information content (AvgIpc) is 3.08. The summed E-state index contributed by atoms with van der Waals surface area (Å²) in [5.74, 6) is -1.54. The summed E-state index contributed by atoms with van der Waals surface area (Å²) in [7, 11) is -3.66. The molecule has 0 spiro atoms. The van der Waals surface area contributed by atoms with Crippen molar-refractivity contribution in [2.45, 2.75) is 51.9 Å². The van der Waals surface area contributed by atoms with Crippen molar-refractivity contribution in [1.29, 1.82) is 0 Å². The summed E-state index contributed by atoms with van der Waals surface area (Å²) >= 11 is 0. The number of piperidine rings is 1. The molecule has 0 bridgehead atoms. The van der Waals surface area contributed by atoms with E-state index in [0.29, 0.717) is 41.2 Å². The minimum Gasteiger partial charge on any atom is -0.451 e. The number of nitrogens with zero attached hydrogens (tertiary/aromatic N) is 1. The molecule has 0 saturated carbocycles. The first-order chi connectivity index (χ1) is 15.5. The molecule has 1 aromatic carbocycles. The van der Waals surface area contributed by atoms with E-state index in [0.717, 1.165) is 19.3 Å². The fourth-order valence-electron chi connectivity index (χ4n) is 4.08. The number of carbonyl (C=O) groups excluding carboxylic acids is 3. The Bertz CT molecular complexity index is 1190. The number of aryl methyl sites for hydroxylation is 2. The van der Waals surface area contributed by atoms with Gasteiger partial charge < -0.3 is 15.0 Å². The van der Waals surface area contributed by atoms with E-state index in [1.165, 1.54) is 17.3 Å². The molecule has 2 heterocycles. The third-order valence-corrected chi connectivity index (χ3v) is 7.77. The lowest BCUT2D eigenvalue weighted by Gasteiger charge is -2.26. The van der Waals surface area contributed by atoms with Crippen LogP contribution in [0, 0.1) is 20.8 Å². The highest BCUT2D eigenvalue weighted by Gasteiger charge is 2.28. The molecule has 0 unspecified atom stereocenters. The minimum atomic E-state index is -3.66. The van der Waals surface area contributed by atoms with Gasteiger partial charge in [0.25, 0.3) is 5.91 Å². The van der Waals surface area contributed by atoms with Crippen LogP contribution in [0.15, 0.2) is 23.1 Å². The van der Waals surface area contributed by atoms with E-state index in [1.807, 2.05) is 0 Å². The van der Waals surface area contributed by atoms with E-state index in [-0.39, 0.29) is 16.4 Å². The van der Waals surface area contributed by atoms with Crippen LogP contribution in [0.5, 0.6) is 0 Å². The zero-order valence-corrected chi connectivity index (χ0v) is 20.1. The van der Waals surface area contributed by atoms with E-state index < -0.39 is 28.5 Å². The number of esters is 1. The van der Waals surface area contributed by atoms with Gasteiger partial charge in [-0.2, -0.15) is 4.31 Å². The summed E-state index contributed by atoms with van der Waals surface area (Å²) in [5.41, 5.74) is 2.45. The predicted molar refractivity (Wildman–Crippen MR) is 123 cm³/mol. The van der Waals surface area contributed by atoms with Crippen LogP contribution < -0.4 is 5.32 Å². The number of H-pyrrole nitrogens is 1.